The van der Waals surface area contributed by atoms with E-state index in [1.165, 1.54) is 23.1 Å². The molecule has 0 bridgehead atoms. The molecule has 5 rings (SSSR count). The van der Waals surface area contributed by atoms with Crippen molar-refractivity contribution in [3.05, 3.63) is 70.8 Å². The molecule has 0 spiro atoms. The van der Waals surface area contributed by atoms with Gasteiger partial charge < -0.3 is 20.1 Å². The van der Waals surface area contributed by atoms with E-state index in [4.69, 9.17) is 4.74 Å². The summed E-state index contributed by atoms with van der Waals surface area (Å²) < 4.78 is 46.1. The number of benzene rings is 1. The molecular formula is C24H23F3N4O3S. The summed E-state index contributed by atoms with van der Waals surface area (Å²) >= 11 is 1.16. The summed E-state index contributed by atoms with van der Waals surface area (Å²) in [6, 6.07) is 12.2. The van der Waals surface area contributed by atoms with E-state index >= 15 is 0 Å². The van der Waals surface area contributed by atoms with E-state index in [0.717, 1.165) is 17.1 Å². The monoisotopic (exact) mass is 504 g/mol. The highest BCUT2D eigenvalue weighted by Crippen LogP contribution is 2.44. The molecule has 3 aromatic rings. The molecule has 35 heavy (non-hydrogen) atoms. The van der Waals surface area contributed by atoms with Crippen LogP contribution in [0.2, 0.25) is 0 Å². The molecule has 0 amide bonds. The number of ether oxygens (including phenoxy) is 1. The van der Waals surface area contributed by atoms with Crippen molar-refractivity contribution < 1.29 is 23.0 Å². The average molecular weight is 505 g/mol. The largest absolute Gasteiger partial charge is 0.351 e. The molecule has 0 saturated carbocycles. The molecule has 7 nitrogen and oxygen atoms in total. The van der Waals surface area contributed by atoms with E-state index in [0.29, 0.717) is 11.2 Å². The van der Waals surface area contributed by atoms with Gasteiger partial charge in [-0.15, -0.1) is 11.8 Å². The van der Waals surface area contributed by atoms with Crippen molar-refractivity contribution in [2.24, 2.45) is 0 Å². The Morgan fingerprint density at radius 3 is 2.77 bits per heavy atom. The fourth-order valence-electron chi connectivity index (χ4n) is 4.07. The third-order valence-electron chi connectivity index (χ3n) is 6.08. The first-order chi connectivity index (χ1) is 16.8. The maximum Gasteiger partial charge on any atom is 0.252 e. The number of alkyl halides is 2. The molecule has 3 heterocycles. The van der Waals surface area contributed by atoms with Crippen molar-refractivity contribution in [3.8, 4) is 0 Å². The molecule has 0 aliphatic carbocycles. The maximum absolute atomic E-state index is 15.0. The Balaban J connectivity index is 1.29. The van der Waals surface area contributed by atoms with Crippen LogP contribution in [0.15, 0.2) is 59.5 Å². The Morgan fingerprint density at radius 2 is 2.03 bits per heavy atom. The van der Waals surface area contributed by atoms with Crippen molar-refractivity contribution in [2.75, 3.05) is 16.8 Å². The number of aliphatic hydroxyl groups is 1. The Morgan fingerprint density at radius 1 is 1.20 bits per heavy atom. The number of nitrogens with zero attached hydrogens (tertiary/aromatic N) is 2. The number of anilines is 3. The second kappa shape index (κ2) is 9.65. The molecule has 2 aromatic carbocycles. The van der Waals surface area contributed by atoms with Crippen LogP contribution in [0.25, 0.3) is 10.9 Å². The number of rotatable bonds is 7. The van der Waals surface area contributed by atoms with Gasteiger partial charge in [-0.3, -0.25) is 15.1 Å². The summed E-state index contributed by atoms with van der Waals surface area (Å²) in [5, 5.41) is 16.0. The zero-order valence-corrected chi connectivity index (χ0v) is 19.4. The summed E-state index contributed by atoms with van der Waals surface area (Å²) in [6.07, 6.45) is -2.54. The second-order valence-corrected chi connectivity index (χ2v) is 9.81. The van der Waals surface area contributed by atoms with Gasteiger partial charge in [-0.05, 0) is 49.4 Å². The standard InChI is InChI=1S/C24H23F3N4O3S/c1-12(29-23-21(35-23)22(26)27)20-11-31(24(33)34-20)14-4-5-17(15(25)10-14)30-18-9-13-3-2-8-28-16(13)6-7-19(18)32/h2-10,12,20-24,29,33H,11H2,1H3,(H,30,32)/t12-,20?,21+,23?,24?/m0/s1. The van der Waals surface area contributed by atoms with Gasteiger partial charge in [-0.25, -0.2) is 13.2 Å². The minimum atomic E-state index is -2.39. The summed E-state index contributed by atoms with van der Waals surface area (Å²) in [5.41, 5.74) is 1.00. The molecule has 3 N–H and O–H groups in total. The lowest BCUT2D eigenvalue weighted by atomic mass is 10.1. The summed E-state index contributed by atoms with van der Waals surface area (Å²) in [5.74, 6) is -0.619. The van der Waals surface area contributed by atoms with E-state index in [1.807, 2.05) is 6.07 Å². The fraction of sp³-hybridized carbons (Fsp3) is 0.333. The fourth-order valence-corrected chi connectivity index (χ4v) is 4.93. The van der Waals surface area contributed by atoms with Crippen LogP contribution in [-0.2, 0) is 4.74 Å². The van der Waals surface area contributed by atoms with E-state index in [2.05, 4.69) is 15.6 Å². The first kappa shape index (κ1) is 23.9. The van der Waals surface area contributed by atoms with Crippen LogP contribution >= 0.6 is 11.8 Å². The lowest BCUT2D eigenvalue weighted by Crippen LogP contribution is -2.42. The van der Waals surface area contributed by atoms with Crippen LogP contribution in [0.3, 0.4) is 0 Å². The number of nitrogens with one attached hydrogen (secondary N) is 2. The van der Waals surface area contributed by atoms with Gasteiger partial charge in [0.25, 0.3) is 6.43 Å². The van der Waals surface area contributed by atoms with Gasteiger partial charge in [0.2, 0.25) is 11.8 Å². The van der Waals surface area contributed by atoms with Crippen LogP contribution in [-0.4, -0.2) is 52.2 Å². The van der Waals surface area contributed by atoms with Crippen molar-refractivity contribution in [1.82, 2.24) is 10.3 Å². The van der Waals surface area contributed by atoms with Crippen LogP contribution in [0.5, 0.6) is 0 Å². The Bertz CT molecular complexity index is 1300. The zero-order valence-electron chi connectivity index (χ0n) is 18.6. The number of aromatic nitrogens is 1. The van der Waals surface area contributed by atoms with Gasteiger partial charge in [-0.1, -0.05) is 6.07 Å². The predicted octanol–water partition coefficient (Wildman–Crippen LogP) is 3.64. The number of aliphatic hydroxyl groups excluding tert-OH is 1. The van der Waals surface area contributed by atoms with E-state index in [1.54, 1.807) is 37.4 Å². The highest BCUT2D eigenvalue weighted by atomic mass is 32.2. The van der Waals surface area contributed by atoms with Gasteiger partial charge in [0.15, 0.2) is 0 Å². The SMILES string of the molecule is C[C@H](NC1S[C@@H]1C(F)F)C1CN(c2ccc(Nc3cc4cccnc4ccc3=O)c(F)c2)C(O)O1. The third kappa shape index (κ3) is 5.08. The minimum absolute atomic E-state index is 0.0964. The van der Waals surface area contributed by atoms with E-state index in [9.17, 15) is 23.1 Å². The predicted molar refractivity (Wildman–Crippen MR) is 130 cm³/mol. The summed E-state index contributed by atoms with van der Waals surface area (Å²) in [6.45, 7) is 2.05. The van der Waals surface area contributed by atoms with Crippen molar-refractivity contribution >= 4 is 39.7 Å². The first-order valence-corrected chi connectivity index (χ1v) is 12.0. The molecule has 2 saturated heterocycles. The topological polar surface area (TPSA) is 86.7 Å². The molecule has 2 fully saturated rings. The van der Waals surface area contributed by atoms with Gasteiger partial charge >= 0.3 is 0 Å². The van der Waals surface area contributed by atoms with Gasteiger partial charge in [-0.2, -0.15) is 0 Å². The Hall–Kier alpha value is -2.86. The number of fused-ring (bicyclic) bond motifs is 1. The molecule has 1 aromatic heterocycles. The Labute approximate surface area is 203 Å². The average Bonchev–Trinajstić information content (AvgIpc) is 3.53. The normalized spacial score (nSPS) is 24.7. The lowest BCUT2D eigenvalue weighted by Gasteiger charge is -2.21. The smallest absolute Gasteiger partial charge is 0.252 e. The number of thioether (sulfide) groups is 1. The number of pyridine rings is 1. The molecule has 2 aliphatic heterocycles. The zero-order chi connectivity index (χ0) is 24.7. The molecule has 0 radical (unpaired) electrons. The molecule has 11 heteroatoms. The van der Waals surface area contributed by atoms with Crippen LogP contribution in [0, 0.1) is 5.82 Å². The van der Waals surface area contributed by atoms with Crippen LogP contribution in [0.4, 0.5) is 30.2 Å². The Kier molecular flexibility index (Phi) is 6.58. The summed E-state index contributed by atoms with van der Waals surface area (Å²) in [4.78, 5) is 18.2. The molecule has 184 valence electrons. The van der Waals surface area contributed by atoms with Crippen LogP contribution in [0.1, 0.15) is 6.92 Å². The summed E-state index contributed by atoms with van der Waals surface area (Å²) in [7, 11) is 0. The number of hydrogen-bond donors (Lipinski definition) is 3. The quantitative estimate of drug-likeness (QED) is 0.421. The second-order valence-electron chi connectivity index (χ2n) is 8.49. The number of halogens is 3. The van der Waals surface area contributed by atoms with E-state index < -0.39 is 30.0 Å². The molecular weight excluding hydrogens is 481 g/mol. The maximum atomic E-state index is 15.0. The highest BCUT2D eigenvalue weighted by molar-refractivity contribution is 8.07. The highest BCUT2D eigenvalue weighted by Gasteiger charge is 2.47. The minimum Gasteiger partial charge on any atom is -0.351 e. The number of hydrogen-bond acceptors (Lipinski definition) is 8. The molecule has 2 aliphatic rings. The molecule has 5 atom stereocenters. The van der Waals surface area contributed by atoms with Crippen molar-refractivity contribution in [3.63, 3.8) is 0 Å². The first-order valence-electron chi connectivity index (χ1n) is 11.1. The van der Waals surface area contributed by atoms with Gasteiger partial charge in [0, 0.05) is 23.3 Å². The molecule has 3 unspecified atom stereocenters. The lowest BCUT2D eigenvalue weighted by molar-refractivity contribution is -0.0953. The van der Waals surface area contributed by atoms with Gasteiger partial charge in [0.1, 0.15) is 5.82 Å². The van der Waals surface area contributed by atoms with Crippen LogP contribution < -0.4 is 21.0 Å². The van der Waals surface area contributed by atoms with Crippen molar-refractivity contribution in [1.29, 1.82) is 0 Å². The van der Waals surface area contributed by atoms with Gasteiger partial charge in [0.05, 0.1) is 40.2 Å². The van der Waals surface area contributed by atoms with Crippen molar-refractivity contribution in [2.45, 2.75) is 42.5 Å². The third-order valence-corrected chi connectivity index (χ3v) is 7.28. The van der Waals surface area contributed by atoms with E-state index in [-0.39, 0.29) is 34.8 Å².